The second-order valence-electron chi connectivity index (χ2n) is 4.10. The van der Waals surface area contributed by atoms with Gasteiger partial charge < -0.3 is 10.6 Å². The third-order valence-electron chi connectivity index (χ3n) is 2.33. The van der Waals surface area contributed by atoms with E-state index in [1.165, 1.54) is 9.88 Å². The number of rotatable bonds is 6. The number of hydrogen-bond acceptors (Lipinski definition) is 4. The molecule has 1 aromatic heterocycles. The van der Waals surface area contributed by atoms with Crippen molar-refractivity contribution in [1.29, 1.82) is 0 Å². The van der Waals surface area contributed by atoms with Crippen molar-refractivity contribution in [2.45, 2.75) is 26.8 Å². The molecule has 0 spiro atoms. The number of nitrogens with one attached hydrogen (secondary N) is 2. The highest BCUT2D eigenvalue weighted by Gasteiger charge is 2.09. The van der Waals surface area contributed by atoms with E-state index in [0.29, 0.717) is 12.0 Å². The molecular weight excluding hydrogens is 206 g/mol. The fraction of sp³-hybridized carbons (Fsp3) is 0.727. The van der Waals surface area contributed by atoms with E-state index < -0.39 is 0 Å². The topological polar surface area (TPSA) is 37.0 Å². The van der Waals surface area contributed by atoms with E-state index in [1.54, 1.807) is 11.3 Å². The summed E-state index contributed by atoms with van der Waals surface area (Å²) in [7, 11) is 1.99. The van der Waals surface area contributed by atoms with Gasteiger partial charge in [-0.2, -0.15) is 0 Å². The van der Waals surface area contributed by atoms with Crippen LogP contribution in [0.4, 0.5) is 0 Å². The van der Waals surface area contributed by atoms with Gasteiger partial charge in [-0.3, -0.25) is 0 Å². The molecule has 0 aliphatic heterocycles. The lowest BCUT2D eigenvalue weighted by atomic mass is 10.1. The van der Waals surface area contributed by atoms with Crippen LogP contribution in [0.1, 0.15) is 29.8 Å². The Morgan fingerprint density at radius 3 is 2.67 bits per heavy atom. The van der Waals surface area contributed by atoms with Crippen LogP contribution >= 0.6 is 11.3 Å². The van der Waals surface area contributed by atoms with Crippen LogP contribution in [0.2, 0.25) is 0 Å². The molecule has 0 fully saturated rings. The molecule has 0 aromatic carbocycles. The van der Waals surface area contributed by atoms with Crippen molar-refractivity contribution < 1.29 is 0 Å². The smallest absolute Gasteiger partial charge is 0.109 e. The van der Waals surface area contributed by atoms with Crippen LogP contribution in [-0.2, 0) is 0 Å². The second kappa shape index (κ2) is 6.20. The normalized spacial score (nSPS) is 15.2. The van der Waals surface area contributed by atoms with Gasteiger partial charge in [0.05, 0.1) is 6.04 Å². The molecule has 2 atom stereocenters. The SMILES string of the molecule is CNCC(C)CNC(C)c1ncc(C)s1. The van der Waals surface area contributed by atoms with Gasteiger partial charge in [-0.05, 0) is 39.9 Å². The molecular formula is C11H21N3S. The molecule has 0 radical (unpaired) electrons. The molecule has 1 rings (SSSR count). The molecule has 0 aliphatic carbocycles. The number of nitrogens with zero attached hydrogens (tertiary/aromatic N) is 1. The Morgan fingerprint density at radius 2 is 2.13 bits per heavy atom. The monoisotopic (exact) mass is 227 g/mol. The van der Waals surface area contributed by atoms with Crippen molar-refractivity contribution in [2.24, 2.45) is 5.92 Å². The Balaban J connectivity index is 2.33. The minimum atomic E-state index is 0.364. The first kappa shape index (κ1) is 12.6. The zero-order valence-electron chi connectivity index (χ0n) is 10.0. The standard InChI is InChI=1S/C11H21N3S/c1-8(5-12-4)6-13-10(3)11-14-7-9(2)15-11/h7-8,10,12-13H,5-6H2,1-4H3. The van der Waals surface area contributed by atoms with E-state index in [-0.39, 0.29) is 0 Å². The van der Waals surface area contributed by atoms with Gasteiger partial charge in [0.25, 0.3) is 0 Å². The molecule has 0 aliphatic rings. The van der Waals surface area contributed by atoms with Gasteiger partial charge in [0.15, 0.2) is 0 Å². The van der Waals surface area contributed by atoms with Crippen molar-refractivity contribution in [3.8, 4) is 0 Å². The summed E-state index contributed by atoms with van der Waals surface area (Å²) in [5.41, 5.74) is 0. The first-order valence-corrected chi connectivity index (χ1v) is 6.25. The van der Waals surface area contributed by atoms with E-state index in [2.05, 4.69) is 36.4 Å². The lowest BCUT2D eigenvalue weighted by molar-refractivity contribution is 0.456. The maximum absolute atomic E-state index is 4.38. The fourth-order valence-electron chi connectivity index (χ4n) is 1.46. The summed E-state index contributed by atoms with van der Waals surface area (Å²) < 4.78 is 0. The molecule has 15 heavy (non-hydrogen) atoms. The van der Waals surface area contributed by atoms with E-state index in [0.717, 1.165) is 13.1 Å². The number of thiazole rings is 1. The number of aromatic nitrogens is 1. The molecule has 2 unspecified atom stereocenters. The van der Waals surface area contributed by atoms with Crippen molar-refractivity contribution in [2.75, 3.05) is 20.1 Å². The summed E-state index contributed by atoms with van der Waals surface area (Å²) in [5.74, 6) is 0.651. The highest BCUT2D eigenvalue weighted by Crippen LogP contribution is 2.18. The molecule has 4 heteroatoms. The van der Waals surface area contributed by atoms with E-state index in [1.807, 2.05) is 13.2 Å². The molecule has 0 saturated heterocycles. The first-order valence-electron chi connectivity index (χ1n) is 5.43. The maximum atomic E-state index is 4.38. The van der Waals surface area contributed by atoms with Gasteiger partial charge in [0.1, 0.15) is 5.01 Å². The quantitative estimate of drug-likeness (QED) is 0.780. The van der Waals surface area contributed by atoms with Crippen LogP contribution in [0.25, 0.3) is 0 Å². The molecule has 1 heterocycles. The summed E-state index contributed by atoms with van der Waals surface area (Å²) in [5, 5.41) is 7.87. The Hall–Kier alpha value is -0.450. The molecule has 0 saturated carbocycles. The van der Waals surface area contributed by atoms with Crippen molar-refractivity contribution in [3.63, 3.8) is 0 Å². The zero-order valence-corrected chi connectivity index (χ0v) is 10.8. The van der Waals surface area contributed by atoms with Gasteiger partial charge in [0, 0.05) is 11.1 Å². The molecule has 2 N–H and O–H groups in total. The molecule has 3 nitrogen and oxygen atoms in total. The van der Waals surface area contributed by atoms with Crippen LogP contribution in [0.15, 0.2) is 6.20 Å². The Labute approximate surface area is 96.3 Å². The summed E-state index contributed by atoms with van der Waals surface area (Å²) in [6.45, 7) is 8.59. The summed E-state index contributed by atoms with van der Waals surface area (Å²) in [4.78, 5) is 5.66. The molecule has 0 amide bonds. The third kappa shape index (κ3) is 4.28. The molecule has 86 valence electrons. The van der Waals surface area contributed by atoms with Gasteiger partial charge in [-0.1, -0.05) is 6.92 Å². The highest BCUT2D eigenvalue weighted by molar-refractivity contribution is 7.11. The minimum absolute atomic E-state index is 0.364. The van der Waals surface area contributed by atoms with Crippen molar-refractivity contribution >= 4 is 11.3 Å². The predicted octanol–water partition coefficient (Wildman–Crippen LogP) is 1.96. The van der Waals surface area contributed by atoms with Crippen molar-refractivity contribution in [3.05, 3.63) is 16.1 Å². The number of hydrogen-bond donors (Lipinski definition) is 2. The van der Waals surface area contributed by atoms with Gasteiger partial charge in [0.2, 0.25) is 0 Å². The van der Waals surface area contributed by atoms with E-state index >= 15 is 0 Å². The zero-order chi connectivity index (χ0) is 11.3. The first-order chi connectivity index (χ1) is 7.13. The third-order valence-corrected chi connectivity index (χ3v) is 3.43. The Morgan fingerprint density at radius 1 is 1.40 bits per heavy atom. The lowest BCUT2D eigenvalue weighted by Gasteiger charge is -2.15. The molecule has 0 bridgehead atoms. The average Bonchev–Trinajstić information content (AvgIpc) is 2.62. The van der Waals surface area contributed by atoms with Gasteiger partial charge in [-0.25, -0.2) is 4.98 Å². The Kier molecular flexibility index (Phi) is 5.22. The van der Waals surface area contributed by atoms with Crippen LogP contribution < -0.4 is 10.6 Å². The van der Waals surface area contributed by atoms with Crippen molar-refractivity contribution in [1.82, 2.24) is 15.6 Å². The van der Waals surface area contributed by atoms with E-state index in [4.69, 9.17) is 0 Å². The lowest BCUT2D eigenvalue weighted by Crippen LogP contribution is -2.29. The second-order valence-corrected chi connectivity index (χ2v) is 5.37. The minimum Gasteiger partial charge on any atom is -0.319 e. The van der Waals surface area contributed by atoms with Crippen LogP contribution in [-0.4, -0.2) is 25.1 Å². The number of aryl methyl sites for hydroxylation is 1. The molecule has 1 aromatic rings. The van der Waals surface area contributed by atoms with Crippen LogP contribution in [0.3, 0.4) is 0 Å². The fourth-order valence-corrected chi connectivity index (χ4v) is 2.26. The maximum Gasteiger partial charge on any atom is 0.109 e. The summed E-state index contributed by atoms with van der Waals surface area (Å²) >= 11 is 1.77. The summed E-state index contributed by atoms with van der Waals surface area (Å²) in [6, 6.07) is 0.364. The van der Waals surface area contributed by atoms with E-state index in [9.17, 15) is 0 Å². The van der Waals surface area contributed by atoms with Gasteiger partial charge >= 0.3 is 0 Å². The summed E-state index contributed by atoms with van der Waals surface area (Å²) in [6.07, 6.45) is 1.94. The highest BCUT2D eigenvalue weighted by atomic mass is 32.1. The Bertz CT molecular complexity index is 285. The average molecular weight is 227 g/mol. The largest absolute Gasteiger partial charge is 0.319 e. The van der Waals surface area contributed by atoms with Gasteiger partial charge in [-0.15, -0.1) is 11.3 Å². The predicted molar refractivity (Wildman–Crippen MR) is 66.4 cm³/mol. The van der Waals surface area contributed by atoms with Crippen LogP contribution in [0.5, 0.6) is 0 Å². The van der Waals surface area contributed by atoms with Crippen LogP contribution in [0, 0.1) is 12.8 Å².